The number of fused-ring (bicyclic) bond motifs is 1. The molecule has 31 heavy (non-hydrogen) atoms. The molecule has 0 atom stereocenters. The van der Waals surface area contributed by atoms with E-state index in [4.69, 9.17) is 9.47 Å². The summed E-state index contributed by atoms with van der Waals surface area (Å²) < 4.78 is 39.7. The normalized spacial score (nSPS) is 14.1. The van der Waals surface area contributed by atoms with Crippen LogP contribution in [0.4, 0.5) is 0 Å². The van der Waals surface area contributed by atoms with Crippen LogP contribution in [0.2, 0.25) is 0 Å². The van der Waals surface area contributed by atoms with Gasteiger partial charge in [-0.1, -0.05) is 18.2 Å². The molecule has 0 bridgehead atoms. The van der Waals surface area contributed by atoms with Crippen LogP contribution in [0.25, 0.3) is 5.69 Å². The summed E-state index contributed by atoms with van der Waals surface area (Å²) in [4.78, 5) is 12.8. The van der Waals surface area contributed by atoms with Crippen molar-refractivity contribution in [3.8, 4) is 11.4 Å². The van der Waals surface area contributed by atoms with Gasteiger partial charge in [0.15, 0.2) is 5.69 Å². The number of rotatable bonds is 6. The van der Waals surface area contributed by atoms with Gasteiger partial charge in [-0.3, -0.25) is 0 Å². The van der Waals surface area contributed by atoms with E-state index in [1.54, 1.807) is 49.0 Å². The number of carbonyl (C=O) groups is 1. The maximum absolute atomic E-state index is 13.1. The van der Waals surface area contributed by atoms with Gasteiger partial charge in [-0.05, 0) is 43.3 Å². The van der Waals surface area contributed by atoms with Gasteiger partial charge < -0.3 is 9.47 Å². The molecule has 0 saturated heterocycles. The van der Waals surface area contributed by atoms with Crippen molar-refractivity contribution in [1.29, 1.82) is 0 Å². The average molecular weight is 442 g/mol. The number of hydrogen-bond acceptors (Lipinski definition) is 6. The molecule has 0 N–H and O–H groups in total. The van der Waals surface area contributed by atoms with Crippen LogP contribution >= 0.6 is 0 Å². The first kappa shape index (κ1) is 21.1. The molecule has 4 rings (SSSR count). The zero-order valence-electron chi connectivity index (χ0n) is 17.3. The number of methoxy groups -OCH3 is 1. The summed E-state index contributed by atoms with van der Waals surface area (Å²) in [7, 11) is -2.11. The van der Waals surface area contributed by atoms with Gasteiger partial charge in [-0.25, -0.2) is 17.9 Å². The zero-order chi connectivity index (χ0) is 22.0. The van der Waals surface area contributed by atoms with Gasteiger partial charge in [0.1, 0.15) is 5.75 Å². The predicted molar refractivity (Wildman–Crippen MR) is 114 cm³/mol. The van der Waals surface area contributed by atoms with Gasteiger partial charge in [0.05, 0.1) is 30.0 Å². The highest BCUT2D eigenvalue weighted by Crippen LogP contribution is 2.30. The second kappa shape index (κ2) is 8.52. The summed E-state index contributed by atoms with van der Waals surface area (Å²) in [6, 6.07) is 15.6. The first-order chi connectivity index (χ1) is 15.0. The van der Waals surface area contributed by atoms with E-state index < -0.39 is 16.0 Å². The molecule has 0 spiro atoms. The van der Waals surface area contributed by atoms with Crippen LogP contribution in [0, 0.1) is 0 Å². The van der Waals surface area contributed by atoms with Crippen molar-refractivity contribution in [1.82, 2.24) is 14.1 Å². The smallest absolute Gasteiger partial charge is 0.359 e. The Balaban J connectivity index is 1.76. The van der Waals surface area contributed by atoms with Crippen molar-refractivity contribution in [3.63, 3.8) is 0 Å². The average Bonchev–Trinajstić information content (AvgIpc) is 3.19. The highest BCUT2D eigenvalue weighted by molar-refractivity contribution is 7.89. The summed E-state index contributed by atoms with van der Waals surface area (Å²) in [6.45, 7) is 2.26. The number of carbonyl (C=O) groups excluding carboxylic acids is 1. The van der Waals surface area contributed by atoms with Gasteiger partial charge in [0.2, 0.25) is 10.0 Å². The number of nitrogens with zero attached hydrogens (tertiary/aromatic N) is 3. The molecule has 0 saturated carbocycles. The van der Waals surface area contributed by atoms with Crippen LogP contribution in [0.15, 0.2) is 59.5 Å². The Hall–Kier alpha value is -3.17. The molecule has 3 aromatic rings. The molecule has 162 valence electrons. The Morgan fingerprint density at radius 3 is 2.45 bits per heavy atom. The van der Waals surface area contributed by atoms with Gasteiger partial charge in [0.25, 0.3) is 0 Å². The third-order valence-electron chi connectivity index (χ3n) is 5.19. The van der Waals surface area contributed by atoms with Gasteiger partial charge in [-0.15, -0.1) is 0 Å². The van der Waals surface area contributed by atoms with E-state index in [0.29, 0.717) is 17.7 Å². The lowest BCUT2D eigenvalue weighted by Crippen LogP contribution is -2.36. The quantitative estimate of drug-likeness (QED) is 0.547. The highest BCUT2D eigenvalue weighted by Gasteiger charge is 2.34. The van der Waals surface area contributed by atoms with Crippen LogP contribution in [0.1, 0.15) is 28.7 Å². The standard InChI is InChI=1S/C22H23N3O5S/c1-3-30-22(26)21-19-15-24(31(27,28)18-7-5-4-6-8-18)14-13-20(19)25(23-21)16-9-11-17(29-2)12-10-16/h4-12H,3,13-15H2,1-2H3. The molecule has 2 aromatic carbocycles. The molecule has 9 heteroatoms. The maximum Gasteiger partial charge on any atom is 0.359 e. The zero-order valence-corrected chi connectivity index (χ0v) is 18.1. The first-order valence-corrected chi connectivity index (χ1v) is 11.4. The minimum Gasteiger partial charge on any atom is -0.497 e. The van der Waals surface area contributed by atoms with Crippen LogP contribution in [-0.2, 0) is 27.7 Å². The highest BCUT2D eigenvalue weighted by atomic mass is 32.2. The number of sulfonamides is 1. The molecule has 2 heterocycles. The van der Waals surface area contributed by atoms with Gasteiger partial charge in [0, 0.05) is 25.1 Å². The van der Waals surface area contributed by atoms with Crippen LogP contribution in [0.3, 0.4) is 0 Å². The van der Waals surface area contributed by atoms with Crippen molar-refractivity contribution in [2.24, 2.45) is 0 Å². The second-order valence-electron chi connectivity index (χ2n) is 7.01. The lowest BCUT2D eigenvalue weighted by molar-refractivity contribution is 0.0517. The number of ether oxygens (including phenoxy) is 2. The third-order valence-corrected chi connectivity index (χ3v) is 7.05. The predicted octanol–water partition coefficient (Wildman–Crippen LogP) is 2.80. The number of esters is 1. The van der Waals surface area contributed by atoms with E-state index in [9.17, 15) is 13.2 Å². The van der Waals surface area contributed by atoms with Crippen LogP contribution < -0.4 is 4.74 Å². The molecule has 0 unspecified atom stereocenters. The molecule has 1 aromatic heterocycles. The van der Waals surface area contributed by atoms with E-state index in [-0.39, 0.29) is 30.3 Å². The first-order valence-electron chi connectivity index (χ1n) is 9.93. The Bertz CT molecular complexity index is 1190. The largest absolute Gasteiger partial charge is 0.497 e. The Morgan fingerprint density at radius 2 is 1.81 bits per heavy atom. The monoisotopic (exact) mass is 441 g/mol. The summed E-state index contributed by atoms with van der Waals surface area (Å²) in [5, 5.41) is 4.51. The minimum absolute atomic E-state index is 0.0524. The van der Waals surface area contributed by atoms with Crippen LogP contribution in [0.5, 0.6) is 5.75 Å². The van der Waals surface area contributed by atoms with E-state index in [1.807, 2.05) is 24.3 Å². The molecular weight excluding hydrogens is 418 g/mol. The van der Waals surface area contributed by atoms with Gasteiger partial charge in [-0.2, -0.15) is 9.40 Å². The van der Waals surface area contributed by atoms with Crippen molar-refractivity contribution in [2.45, 2.75) is 24.8 Å². The van der Waals surface area contributed by atoms with Crippen molar-refractivity contribution in [3.05, 3.63) is 71.5 Å². The fourth-order valence-corrected chi connectivity index (χ4v) is 5.07. The van der Waals surface area contributed by atoms with E-state index in [2.05, 4.69) is 5.10 Å². The van der Waals surface area contributed by atoms with Crippen molar-refractivity contribution < 1.29 is 22.7 Å². The minimum atomic E-state index is -3.70. The topological polar surface area (TPSA) is 90.7 Å². The molecule has 0 fully saturated rings. The fourth-order valence-electron chi connectivity index (χ4n) is 3.64. The molecule has 0 amide bonds. The van der Waals surface area contributed by atoms with Gasteiger partial charge >= 0.3 is 5.97 Å². The molecule has 0 radical (unpaired) electrons. The van der Waals surface area contributed by atoms with E-state index in [1.165, 1.54) is 4.31 Å². The lowest BCUT2D eigenvalue weighted by atomic mass is 10.1. The lowest BCUT2D eigenvalue weighted by Gasteiger charge is -2.27. The van der Waals surface area contributed by atoms with Crippen molar-refractivity contribution >= 4 is 16.0 Å². The van der Waals surface area contributed by atoms with Crippen molar-refractivity contribution in [2.75, 3.05) is 20.3 Å². The molecule has 1 aliphatic rings. The Kier molecular flexibility index (Phi) is 5.79. The van der Waals surface area contributed by atoms with E-state index in [0.717, 1.165) is 11.4 Å². The number of benzene rings is 2. The maximum atomic E-state index is 13.1. The molecular formula is C22H23N3O5S. The Morgan fingerprint density at radius 1 is 1.10 bits per heavy atom. The third kappa shape index (κ3) is 3.94. The number of hydrogen-bond donors (Lipinski definition) is 0. The molecule has 1 aliphatic heterocycles. The Labute approximate surface area is 181 Å². The van der Waals surface area contributed by atoms with E-state index >= 15 is 0 Å². The summed E-state index contributed by atoms with van der Waals surface area (Å²) >= 11 is 0. The second-order valence-corrected chi connectivity index (χ2v) is 8.94. The summed E-state index contributed by atoms with van der Waals surface area (Å²) in [5.41, 5.74) is 2.26. The summed E-state index contributed by atoms with van der Waals surface area (Å²) in [5.74, 6) is 0.139. The van der Waals surface area contributed by atoms with Crippen LogP contribution in [-0.4, -0.2) is 48.7 Å². The fraction of sp³-hybridized carbons (Fsp3) is 0.273. The SMILES string of the molecule is CCOC(=O)c1nn(-c2ccc(OC)cc2)c2c1CN(S(=O)(=O)c1ccccc1)CC2. The molecule has 8 nitrogen and oxygen atoms in total. The molecule has 0 aliphatic carbocycles. The number of aromatic nitrogens is 2. The summed E-state index contributed by atoms with van der Waals surface area (Å²) in [6.07, 6.45) is 0.416.